The summed E-state index contributed by atoms with van der Waals surface area (Å²) in [5, 5.41) is 9.34. The standard InChI is InChI=1S/C37H46Cl2N8O3/c1-4-36(48)43-30-19-31(42-34-21-35(41-23-40-34)47-28(12-17-50-47)18-25-6-5-7-29(38)37(25)39)33(49-3)20-32(30)44-13-10-26(11-14-44)45-15-16-46(24(2)22-45)27-8-9-27/h4-7,19-21,23-24,26-28H,1,8-18,22H2,2-3H3,(H,43,48)(H,40,41,42)/t24-,28-/m1/s1. The maximum atomic E-state index is 12.6. The third kappa shape index (κ3) is 7.67. The number of ether oxygens (including phenoxy) is 1. The summed E-state index contributed by atoms with van der Waals surface area (Å²) in [6.45, 7) is 11.9. The molecule has 0 unspecified atom stereocenters. The average Bonchev–Trinajstić information content (AvgIpc) is 3.87. The van der Waals surface area contributed by atoms with Crippen molar-refractivity contribution >= 4 is 57.8 Å². The number of rotatable bonds is 11. The van der Waals surface area contributed by atoms with Gasteiger partial charge in [0.05, 0.1) is 46.9 Å². The van der Waals surface area contributed by atoms with Crippen molar-refractivity contribution < 1.29 is 14.4 Å². The minimum atomic E-state index is -0.277. The summed E-state index contributed by atoms with van der Waals surface area (Å²) in [6.07, 6.45) is 9.12. The Labute approximate surface area is 304 Å². The molecule has 0 radical (unpaired) electrons. The number of carbonyl (C=O) groups is 1. The van der Waals surface area contributed by atoms with E-state index in [0.29, 0.717) is 63.9 Å². The SMILES string of the molecule is C=CC(=O)Nc1cc(Nc2cc(N3OCC[C@@H]3Cc3cccc(Cl)c3Cl)ncn2)c(OC)cc1N1CCC(N2CCN(C3CC3)[C@H](C)C2)CC1. The zero-order chi connectivity index (χ0) is 34.8. The van der Waals surface area contributed by atoms with Gasteiger partial charge in [0.15, 0.2) is 5.82 Å². The van der Waals surface area contributed by atoms with Crippen molar-refractivity contribution in [2.24, 2.45) is 0 Å². The van der Waals surface area contributed by atoms with Crippen molar-refractivity contribution in [1.29, 1.82) is 0 Å². The highest BCUT2D eigenvalue weighted by Crippen LogP contribution is 2.40. The molecule has 50 heavy (non-hydrogen) atoms. The van der Waals surface area contributed by atoms with Gasteiger partial charge in [-0.3, -0.25) is 19.4 Å². The Bertz CT molecular complexity index is 1700. The summed E-state index contributed by atoms with van der Waals surface area (Å²) in [5.41, 5.74) is 3.21. The number of nitrogens with one attached hydrogen (secondary N) is 2. The Kier molecular flexibility index (Phi) is 10.7. The predicted molar refractivity (Wildman–Crippen MR) is 200 cm³/mol. The van der Waals surface area contributed by atoms with Crippen molar-refractivity contribution in [1.82, 2.24) is 19.8 Å². The molecule has 2 N–H and O–H groups in total. The van der Waals surface area contributed by atoms with Gasteiger partial charge in [0.2, 0.25) is 5.91 Å². The number of methoxy groups -OCH3 is 1. The van der Waals surface area contributed by atoms with Crippen LogP contribution in [0.25, 0.3) is 0 Å². The summed E-state index contributed by atoms with van der Waals surface area (Å²) < 4.78 is 5.90. The average molecular weight is 722 g/mol. The van der Waals surface area contributed by atoms with Gasteiger partial charge in [-0.15, -0.1) is 0 Å². The Morgan fingerprint density at radius 2 is 1.86 bits per heavy atom. The molecular formula is C37H46Cl2N8O3. The fourth-order valence-corrected chi connectivity index (χ4v) is 8.11. The van der Waals surface area contributed by atoms with E-state index in [1.807, 2.05) is 35.4 Å². The van der Waals surface area contributed by atoms with Gasteiger partial charge >= 0.3 is 0 Å². The first-order chi connectivity index (χ1) is 24.3. The minimum absolute atomic E-state index is 0.0168. The Balaban J connectivity index is 1.07. The second-order valence-electron chi connectivity index (χ2n) is 13.7. The van der Waals surface area contributed by atoms with Gasteiger partial charge in [-0.1, -0.05) is 41.9 Å². The van der Waals surface area contributed by atoms with Crippen LogP contribution in [0.2, 0.25) is 10.0 Å². The third-order valence-electron chi connectivity index (χ3n) is 10.5. The molecule has 0 bridgehead atoms. The molecule has 11 nitrogen and oxygen atoms in total. The van der Waals surface area contributed by atoms with Crippen molar-refractivity contribution in [2.75, 3.05) is 67.0 Å². The van der Waals surface area contributed by atoms with Crippen molar-refractivity contribution in [3.63, 3.8) is 0 Å². The van der Waals surface area contributed by atoms with Crippen LogP contribution in [0.15, 0.2) is 55.4 Å². The maximum absolute atomic E-state index is 12.6. The van der Waals surface area contributed by atoms with E-state index < -0.39 is 0 Å². The molecule has 4 fully saturated rings. The molecule has 2 atom stereocenters. The van der Waals surface area contributed by atoms with Crippen LogP contribution in [0.1, 0.15) is 44.6 Å². The van der Waals surface area contributed by atoms with Gasteiger partial charge in [-0.2, -0.15) is 0 Å². The molecule has 4 aliphatic rings. The Hall–Kier alpha value is -3.61. The normalized spacial score (nSPS) is 22.1. The number of hydrogen-bond acceptors (Lipinski definition) is 10. The number of hydrogen-bond donors (Lipinski definition) is 2. The van der Waals surface area contributed by atoms with Gasteiger partial charge in [0, 0.05) is 63.0 Å². The monoisotopic (exact) mass is 720 g/mol. The summed E-state index contributed by atoms with van der Waals surface area (Å²) in [4.78, 5) is 35.4. The van der Waals surface area contributed by atoms with Gasteiger partial charge in [0.1, 0.15) is 17.9 Å². The summed E-state index contributed by atoms with van der Waals surface area (Å²) >= 11 is 12.8. The lowest BCUT2D eigenvalue weighted by molar-refractivity contribution is -0.111. The van der Waals surface area contributed by atoms with E-state index in [2.05, 4.69) is 48.8 Å². The van der Waals surface area contributed by atoms with Crippen LogP contribution in [0.4, 0.5) is 28.7 Å². The maximum Gasteiger partial charge on any atom is 0.247 e. The van der Waals surface area contributed by atoms with Crippen molar-refractivity contribution in [3.05, 3.63) is 71.0 Å². The predicted octanol–water partition coefficient (Wildman–Crippen LogP) is 6.55. The van der Waals surface area contributed by atoms with Crippen LogP contribution in [-0.4, -0.2) is 96.3 Å². The molecule has 3 aliphatic heterocycles. The van der Waals surface area contributed by atoms with E-state index in [4.69, 9.17) is 32.8 Å². The molecule has 266 valence electrons. The topological polar surface area (TPSA) is 98.3 Å². The lowest BCUT2D eigenvalue weighted by Crippen LogP contribution is -2.57. The highest BCUT2D eigenvalue weighted by atomic mass is 35.5. The molecule has 2 aromatic carbocycles. The van der Waals surface area contributed by atoms with Crippen LogP contribution in [0, 0.1) is 0 Å². The van der Waals surface area contributed by atoms with E-state index in [1.54, 1.807) is 13.2 Å². The van der Waals surface area contributed by atoms with Crippen LogP contribution in [-0.2, 0) is 16.1 Å². The van der Waals surface area contributed by atoms with Gasteiger partial charge < -0.3 is 20.3 Å². The molecule has 7 rings (SSSR count). The van der Waals surface area contributed by atoms with Crippen LogP contribution in [0.3, 0.4) is 0 Å². The summed E-state index contributed by atoms with van der Waals surface area (Å²) in [5.74, 6) is 1.52. The summed E-state index contributed by atoms with van der Waals surface area (Å²) in [6, 6.07) is 13.4. The lowest BCUT2D eigenvalue weighted by Gasteiger charge is -2.46. The van der Waals surface area contributed by atoms with E-state index >= 15 is 0 Å². The lowest BCUT2D eigenvalue weighted by atomic mass is 9.99. The molecule has 3 aromatic rings. The number of piperidine rings is 1. The Morgan fingerprint density at radius 1 is 1.04 bits per heavy atom. The molecule has 1 saturated carbocycles. The smallest absolute Gasteiger partial charge is 0.247 e. The molecule has 0 spiro atoms. The van der Waals surface area contributed by atoms with Gasteiger partial charge in [0.25, 0.3) is 0 Å². The first-order valence-electron chi connectivity index (χ1n) is 17.7. The molecule has 3 saturated heterocycles. The highest BCUT2D eigenvalue weighted by Gasteiger charge is 2.37. The van der Waals surface area contributed by atoms with Crippen LogP contribution < -0.4 is 25.3 Å². The van der Waals surface area contributed by atoms with E-state index in [9.17, 15) is 4.79 Å². The van der Waals surface area contributed by atoms with E-state index in [0.717, 1.165) is 62.7 Å². The second kappa shape index (κ2) is 15.3. The fourth-order valence-electron chi connectivity index (χ4n) is 7.71. The number of halogens is 2. The minimum Gasteiger partial charge on any atom is -0.494 e. The number of benzene rings is 2. The number of aromatic nitrogens is 2. The molecule has 13 heteroatoms. The first kappa shape index (κ1) is 34.8. The third-order valence-corrected chi connectivity index (χ3v) is 11.3. The van der Waals surface area contributed by atoms with Crippen LogP contribution >= 0.6 is 23.2 Å². The second-order valence-corrected chi connectivity index (χ2v) is 14.5. The molecule has 1 aliphatic carbocycles. The number of hydroxylamine groups is 1. The summed E-state index contributed by atoms with van der Waals surface area (Å²) in [7, 11) is 1.65. The van der Waals surface area contributed by atoms with Gasteiger partial charge in [-0.05, 0) is 69.2 Å². The van der Waals surface area contributed by atoms with Crippen molar-refractivity contribution in [3.8, 4) is 5.75 Å². The number of piperazine rings is 1. The fraction of sp³-hybridized carbons (Fsp3) is 0.486. The van der Waals surface area contributed by atoms with Crippen molar-refractivity contribution in [2.45, 2.75) is 69.6 Å². The van der Waals surface area contributed by atoms with E-state index in [-0.39, 0.29) is 11.9 Å². The number of nitrogens with zero attached hydrogens (tertiary/aromatic N) is 6. The number of anilines is 5. The first-order valence-corrected chi connectivity index (χ1v) is 18.4. The Morgan fingerprint density at radius 3 is 2.60 bits per heavy atom. The number of carbonyl (C=O) groups excluding carboxylic acids is 1. The highest BCUT2D eigenvalue weighted by molar-refractivity contribution is 6.42. The number of amides is 1. The zero-order valence-electron chi connectivity index (χ0n) is 28.8. The molecular weight excluding hydrogens is 675 g/mol. The molecule has 1 amide bonds. The molecule has 1 aromatic heterocycles. The quantitative estimate of drug-likeness (QED) is 0.212. The van der Waals surface area contributed by atoms with Gasteiger partial charge in [-0.25, -0.2) is 15.0 Å². The van der Waals surface area contributed by atoms with E-state index in [1.165, 1.54) is 31.8 Å². The zero-order valence-corrected chi connectivity index (χ0v) is 30.3. The molecule has 4 heterocycles. The largest absolute Gasteiger partial charge is 0.494 e. The van der Waals surface area contributed by atoms with Crippen LogP contribution in [0.5, 0.6) is 5.75 Å².